The summed E-state index contributed by atoms with van der Waals surface area (Å²) in [6, 6.07) is 11.8. The normalized spacial score (nSPS) is 16.8. The third-order valence-corrected chi connectivity index (χ3v) is 5.40. The van der Waals surface area contributed by atoms with E-state index >= 15 is 0 Å². The Morgan fingerprint density at radius 2 is 1.92 bits per heavy atom. The Kier molecular flexibility index (Phi) is 5.47. The highest BCUT2D eigenvalue weighted by atomic mass is 79.9. The van der Waals surface area contributed by atoms with E-state index in [9.17, 15) is 9.59 Å². The molecule has 1 fully saturated rings. The van der Waals surface area contributed by atoms with E-state index in [-0.39, 0.29) is 24.2 Å². The molecule has 0 aromatic heterocycles. The van der Waals surface area contributed by atoms with Gasteiger partial charge in [-0.25, -0.2) is 0 Å². The molecule has 3 rings (SSSR count). The zero-order chi connectivity index (χ0) is 18.8. The summed E-state index contributed by atoms with van der Waals surface area (Å²) in [5.41, 5.74) is 4.94. The van der Waals surface area contributed by atoms with E-state index in [0.717, 1.165) is 39.0 Å². The zero-order valence-corrected chi connectivity index (χ0v) is 16.9. The minimum Gasteiger partial charge on any atom is -0.326 e. The van der Waals surface area contributed by atoms with Gasteiger partial charge in [-0.2, -0.15) is 0 Å². The maximum absolute atomic E-state index is 12.8. The number of nitrogens with one attached hydrogen (secondary N) is 1. The van der Waals surface area contributed by atoms with Crippen molar-refractivity contribution in [1.82, 2.24) is 0 Å². The van der Waals surface area contributed by atoms with Crippen molar-refractivity contribution < 1.29 is 9.59 Å². The maximum Gasteiger partial charge on any atom is 0.229 e. The molecule has 0 spiro atoms. The summed E-state index contributed by atoms with van der Waals surface area (Å²) >= 11 is 3.46. The minimum atomic E-state index is -0.338. The fourth-order valence-electron chi connectivity index (χ4n) is 3.54. The van der Waals surface area contributed by atoms with Crippen LogP contribution in [-0.4, -0.2) is 18.4 Å². The highest BCUT2D eigenvalue weighted by Crippen LogP contribution is 2.31. The SMILES string of the molecule is CCc1cc(Br)ccc1NC(=O)[C@@H]1CC(=O)N(c2c(C)cccc2C)C1. The average molecular weight is 415 g/mol. The molecule has 1 saturated heterocycles. The van der Waals surface area contributed by atoms with Gasteiger partial charge in [0.05, 0.1) is 5.92 Å². The van der Waals surface area contributed by atoms with Crippen LogP contribution in [0.2, 0.25) is 0 Å². The third kappa shape index (κ3) is 3.68. The van der Waals surface area contributed by atoms with Crippen molar-refractivity contribution in [3.63, 3.8) is 0 Å². The molecule has 136 valence electrons. The van der Waals surface area contributed by atoms with Crippen LogP contribution in [0.25, 0.3) is 0 Å². The van der Waals surface area contributed by atoms with Crippen LogP contribution in [0.15, 0.2) is 40.9 Å². The number of hydrogen-bond acceptors (Lipinski definition) is 2. The second-order valence-electron chi connectivity index (χ2n) is 6.79. The van der Waals surface area contributed by atoms with Crippen molar-refractivity contribution in [2.24, 2.45) is 5.92 Å². The number of nitrogens with zero attached hydrogens (tertiary/aromatic N) is 1. The Hall–Kier alpha value is -2.14. The number of rotatable bonds is 4. The summed E-state index contributed by atoms with van der Waals surface area (Å²) in [7, 11) is 0. The van der Waals surface area contributed by atoms with Crippen molar-refractivity contribution in [2.75, 3.05) is 16.8 Å². The van der Waals surface area contributed by atoms with Gasteiger partial charge >= 0.3 is 0 Å². The van der Waals surface area contributed by atoms with Gasteiger partial charge < -0.3 is 10.2 Å². The number of carbonyl (C=O) groups is 2. The van der Waals surface area contributed by atoms with Gasteiger partial charge in [0.1, 0.15) is 0 Å². The number of hydrogen-bond donors (Lipinski definition) is 1. The van der Waals surface area contributed by atoms with Gasteiger partial charge in [0.25, 0.3) is 0 Å². The number of carbonyl (C=O) groups excluding carboxylic acids is 2. The number of aryl methyl sites for hydroxylation is 3. The van der Waals surface area contributed by atoms with Crippen LogP contribution < -0.4 is 10.2 Å². The van der Waals surface area contributed by atoms with Crippen LogP contribution in [0.1, 0.15) is 30.0 Å². The number of amides is 2. The second kappa shape index (κ2) is 7.62. The predicted octanol–water partition coefficient (Wildman–Crippen LogP) is 4.62. The molecule has 1 aliphatic heterocycles. The monoisotopic (exact) mass is 414 g/mol. The molecular formula is C21H23BrN2O2. The van der Waals surface area contributed by atoms with Crippen LogP contribution in [0.3, 0.4) is 0 Å². The first kappa shape index (κ1) is 18.6. The smallest absolute Gasteiger partial charge is 0.229 e. The first-order chi connectivity index (χ1) is 12.4. The zero-order valence-electron chi connectivity index (χ0n) is 15.3. The lowest BCUT2D eigenvalue weighted by Crippen LogP contribution is -2.29. The molecule has 1 atom stereocenters. The molecule has 4 nitrogen and oxygen atoms in total. The van der Waals surface area contributed by atoms with E-state index < -0.39 is 0 Å². The van der Waals surface area contributed by atoms with Crippen LogP contribution in [0, 0.1) is 19.8 Å². The third-order valence-electron chi connectivity index (χ3n) is 4.91. The van der Waals surface area contributed by atoms with E-state index in [1.165, 1.54) is 0 Å². The van der Waals surface area contributed by atoms with Crippen molar-refractivity contribution in [3.8, 4) is 0 Å². The quantitative estimate of drug-likeness (QED) is 0.792. The number of benzene rings is 2. The minimum absolute atomic E-state index is 0.00840. The van der Waals surface area contributed by atoms with E-state index in [1.807, 2.05) is 50.2 Å². The highest BCUT2D eigenvalue weighted by Gasteiger charge is 2.36. The summed E-state index contributed by atoms with van der Waals surface area (Å²) in [6.45, 7) is 6.48. The van der Waals surface area contributed by atoms with Gasteiger partial charge in [0, 0.05) is 28.8 Å². The van der Waals surface area contributed by atoms with Gasteiger partial charge in [0.15, 0.2) is 0 Å². The Labute approximate surface area is 162 Å². The number of para-hydroxylation sites is 1. The molecule has 0 aliphatic carbocycles. The van der Waals surface area contributed by atoms with Crippen LogP contribution >= 0.6 is 15.9 Å². The molecule has 0 bridgehead atoms. The van der Waals surface area contributed by atoms with Crippen molar-refractivity contribution in [2.45, 2.75) is 33.6 Å². The Morgan fingerprint density at radius 1 is 1.23 bits per heavy atom. The van der Waals surface area contributed by atoms with Gasteiger partial charge in [0.2, 0.25) is 11.8 Å². The van der Waals surface area contributed by atoms with Gasteiger partial charge in [-0.15, -0.1) is 0 Å². The first-order valence-corrected chi connectivity index (χ1v) is 9.66. The second-order valence-corrected chi connectivity index (χ2v) is 7.71. The molecule has 5 heteroatoms. The lowest BCUT2D eigenvalue weighted by molar-refractivity contribution is -0.122. The van der Waals surface area contributed by atoms with Crippen molar-refractivity contribution >= 4 is 39.1 Å². The highest BCUT2D eigenvalue weighted by molar-refractivity contribution is 9.10. The molecule has 0 unspecified atom stereocenters. The number of anilines is 2. The van der Waals surface area contributed by atoms with Crippen molar-refractivity contribution in [1.29, 1.82) is 0 Å². The molecule has 2 aromatic carbocycles. The molecule has 0 saturated carbocycles. The Morgan fingerprint density at radius 3 is 2.58 bits per heavy atom. The van der Waals surface area contributed by atoms with E-state index in [2.05, 4.69) is 28.2 Å². The summed E-state index contributed by atoms with van der Waals surface area (Å²) in [6.07, 6.45) is 1.07. The summed E-state index contributed by atoms with van der Waals surface area (Å²) in [5, 5.41) is 3.01. The van der Waals surface area contributed by atoms with Gasteiger partial charge in [-0.1, -0.05) is 41.1 Å². The van der Waals surface area contributed by atoms with E-state index in [0.29, 0.717) is 6.54 Å². The molecule has 1 heterocycles. The average Bonchev–Trinajstić information content (AvgIpc) is 2.98. The lowest BCUT2D eigenvalue weighted by atomic mass is 10.1. The standard InChI is InChI=1S/C21H23BrN2O2/c1-4-15-10-17(22)8-9-18(15)23-21(26)16-11-19(25)24(12-16)20-13(2)6-5-7-14(20)3/h5-10,16H,4,11-12H2,1-3H3,(H,23,26)/t16-/m1/s1. The van der Waals surface area contributed by atoms with E-state index in [1.54, 1.807) is 4.90 Å². The number of halogens is 1. The van der Waals surface area contributed by atoms with Crippen LogP contribution in [0.4, 0.5) is 11.4 Å². The summed E-state index contributed by atoms with van der Waals surface area (Å²) in [5.74, 6) is -0.423. The largest absolute Gasteiger partial charge is 0.326 e. The Bertz CT molecular complexity index is 843. The van der Waals surface area contributed by atoms with Crippen LogP contribution in [-0.2, 0) is 16.0 Å². The fraction of sp³-hybridized carbons (Fsp3) is 0.333. The summed E-state index contributed by atoms with van der Waals surface area (Å²) in [4.78, 5) is 27.1. The molecule has 26 heavy (non-hydrogen) atoms. The fourth-order valence-corrected chi connectivity index (χ4v) is 3.95. The molecule has 2 amide bonds. The topological polar surface area (TPSA) is 49.4 Å². The van der Waals surface area contributed by atoms with Crippen LogP contribution in [0.5, 0.6) is 0 Å². The molecule has 0 radical (unpaired) electrons. The molecule has 1 N–H and O–H groups in total. The summed E-state index contributed by atoms with van der Waals surface area (Å²) < 4.78 is 0.990. The molecular weight excluding hydrogens is 392 g/mol. The lowest BCUT2D eigenvalue weighted by Gasteiger charge is -2.21. The predicted molar refractivity (Wildman–Crippen MR) is 109 cm³/mol. The molecule has 1 aliphatic rings. The molecule has 2 aromatic rings. The maximum atomic E-state index is 12.8. The van der Waals surface area contributed by atoms with Crippen molar-refractivity contribution in [3.05, 3.63) is 57.6 Å². The Balaban J connectivity index is 1.78. The van der Waals surface area contributed by atoms with Gasteiger partial charge in [-0.3, -0.25) is 9.59 Å². The first-order valence-electron chi connectivity index (χ1n) is 8.86. The van der Waals surface area contributed by atoms with Gasteiger partial charge in [-0.05, 0) is 55.2 Å². The van der Waals surface area contributed by atoms with E-state index in [4.69, 9.17) is 0 Å².